The van der Waals surface area contributed by atoms with Crippen molar-refractivity contribution >= 4 is 23.9 Å². The number of piperidine rings is 1. The van der Waals surface area contributed by atoms with Crippen LogP contribution in [0.15, 0.2) is 35.3 Å². The minimum atomic E-state index is -0.865. The summed E-state index contributed by atoms with van der Waals surface area (Å²) in [5.41, 5.74) is 6.67. The fraction of sp³-hybridized carbons (Fsp3) is 0.474. The van der Waals surface area contributed by atoms with Gasteiger partial charge in [0.25, 0.3) is 5.91 Å². The van der Waals surface area contributed by atoms with Crippen LogP contribution in [-0.2, 0) is 20.9 Å². The van der Waals surface area contributed by atoms with Crippen LogP contribution < -0.4 is 16.4 Å². The standard InChI is InChI=1S/C19H25N5O4/c20-18(23-19(27)28-12-13-6-2-1-3-7-13)24-11-5-9-15(17(24)26)22-16(25)14-8-4-10-21-14/h1-3,6-7,14-15,21H,4-5,8-12H2,(H,22,25)(H2,20,23,27)/t14-,15-/m0/s1. The molecule has 28 heavy (non-hydrogen) atoms. The van der Waals surface area contributed by atoms with E-state index in [9.17, 15) is 14.4 Å². The lowest BCUT2D eigenvalue weighted by Crippen LogP contribution is -2.57. The van der Waals surface area contributed by atoms with Crippen molar-refractivity contribution in [3.63, 3.8) is 0 Å². The van der Waals surface area contributed by atoms with Crippen molar-refractivity contribution in [1.29, 1.82) is 0 Å². The lowest BCUT2D eigenvalue weighted by molar-refractivity contribution is -0.135. The van der Waals surface area contributed by atoms with Gasteiger partial charge in [-0.05, 0) is 37.8 Å². The Bertz CT molecular complexity index is 746. The average Bonchev–Trinajstić information content (AvgIpc) is 3.24. The van der Waals surface area contributed by atoms with Gasteiger partial charge in [0, 0.05) is 6.54 Å². The Balaban J connectivity index is 1.55. The number of aliphatic imine (C=N–C) groups is 1. The smallest absolute Gasteiger partial charge is 0.437 e. The zero-order valence-corrected chi connectivity index (χ0v) is 15.6. The van der Waals surface area contributed by atoms with E-state index >= 15 is 0 Å². The molecule has 1 aromatic carbocycles. The van der Waals surface area contributed by atoms with E-state index in [1.54, 1.807) is 0 Å². The van der Waals surface area contributed by atoms with Crippen LogP contribution in [0.3, 0.4) is 0 Å². The minimum absolute atomic E-state index is 0.0669. The summed E-state index contributed by atoms with van der Waals surface area (Å²) in [5, 5.41) is 5.88. The van der Waals surface area contributed by atoms with Crippen LogP contribution in [0.4, 0.5) is 4.79 Å². The molecule has 2 atom stereocenters. The van der Waals surface area contributed by atoms with Gasteiger partial charge >= 0.3 is 6.09 Å². The third-order valence-corrected chi connectivity index (χ3v) is 4.82. The first kappa shape index (κ1) is 19.8. The number of nitrogens with zero attached hydrogens (tertiary/aromatic N) is 2. The highest BCUT2D eigenvalue weighted by atomic mass is 16.5. The molecule has 2 aliphatic heterocycles. The number of ether oxygens (including phenoxy) is 1. The minimum Gasteiger partial charge on any atom is -0.443 e. The molecule has 3 rings (SSSR count). The molecule has 2 aliphatic rings. The van der Waals surface area contributed by atoms with E-state index in [2.05, 4.69) is 15.6 Å². The van der Waals surface area contributed by atoms with E-state index in [-0.39, 0.29) is 30.4 Å². The SMILES string of the molecule is N/C(=N\C(=O)OCc1ccccc1)N1CCC[C@H](NC(=O)[C@@H]2CCCN2)C1=O. The molecule has 0 radical (unpaired) electrons. The number of rotatable bonds is 4. The van der Waals surface area contributed by atoms with Crippen LogP contribution in [0.5, 0.6) is 0 Å². The second-order valence-corrected chi connectivity index (χ2v) is 6.85. The maximum Gasteiger partial charge on any atom is 0.437 e. The van der Waals surface area contributed by atoms with E-state index in [0.29, 0.717) is 19.4 Å². The normalized spacial score (nSPS) is 22.8. The van der Waals surface area contributed by atoms with Gasteiger partial charge in [0.05, 0.1) is 6.04 Å². The summed E-state index contributed by atoms with van der Waals surface area (Å²) < 4.78 is 5.06. The van der Waals surface area contributed by atoms with Crippen molar-refractivity contribution in [2.45, 2.75) is 44.4 Å². The summed E-state index contributed by atoms with van der Waals surface area (Å²) in [7, 11) is 0. The molecular formula is C19H25N5O4. The highest BCUT2D eigenvalue weighted by Gasteiger charge is 2.34. The van der Waals surface area contributed by atoms with Crippen molar-refractivity contribution in [1.82, 2.24) is 15.5 Å². The Morgan fingerprint density at radius 3 is 2.75 bits per heavy atom. The molecule has 2 fully saturated rings. The van der Waals surface area contributed by atoms with Crippen LogP contribution in [-0.4, -0.2) is 53.9 Å². The molecule has 0 aromatic heterocycles. The predicted molar refractivity (Wildman–Crippen MR) is 102 cm³/mol. The average molecular weight is 387 g/mol. The number of amides is 3. The molecule has 0 saturated carbocycles. The maximum atomic E-state index is 12.7. The highest BCUT2D eigenvalue weighted by molar-refractivity contribution is 6.03. The zero-order chi connectivity index (χ0) is 19.9. The zero-order valence-electron chi connectivity index (χ0n) is 15.6. The Morgan fingerprint density at radius 2 is 2.04 bits per heavy atom. The first-order chi connectivity index (χ1) is 13.5. The molecule has 9 heteroatoms. The number of guanidine groups is 1. The van der Waals surface area contributed by atoms with Gasteiger partial charge in [-0.3, -0.25) is 14.5 Å². The molecule has 4 N–H and O–H groups in total. The third-order valence-electron chi connectivity index (χ3n) is 4.82. The molecule has 3 amide bonds. The van der Waals surface area contributed by atoms with Crippen molar-refractivity contribution in [2.24, 2.45) is 10.7 Å². The maximum absolute atomic E-state index is 12.7. The van der Waals surface area contributed by atoms with E-state index in [1.165, 1.54) is 4.90 Å². The molecule has 2 saturated heterocycles. The highest BCUT2D eigenvalue weighted by Crippen LogP contribution is 2.13. The predicted octanol–water partition coefficient (Wildman–Crippen LogP) is 0.497. The van der Waals surface area contributed by atoms with Crippen LogP contribution in [0.1, 0.15) is 31.2 Å². The van der Waals surface area contributed by atoms with Gasteiger partial charge in [-0.25, -0.2) is 4.79 Å². The summed E-state index contributed by atoms with van der Waals surface area (Å²) in [5.74, 6) is -0.772. The molecular weight excluding hydrogens is 362 g/mol. The van der Waals surface area contributed by atoms with Crippen molar-refractivity contribution in [3.8, 4) is 0 Å². The second-order valence-electron chi connectivity index (χ2n) is 6.85. The number of carbonyl (C=O) groups excluding carboxylic acids is 3. The Kier molecular flexibility index (Phi) is 6.59. The van der Waals surface area contributed by atoms with Gasteiger partial charge in [0.15, 0.2) is 0 Å². The molecule has 9 nitrogen and oxygen atoms in total. The summed E-state index contributed by atoms with van der Waals surface area (Å²) in [6.45, 7) is 1.21. The quantitative estimate of drug-likeness (QED) is 0.510. The van der Waals surface area contributed by atoms with Crippen LogP contribution in [0.2, 0.25) is 0 Å². The first-order valence-corrected chi connectivity index (χ1v) is 9.44. The van der Waals surface area contributed by atoms with Gasteiger partial charge in [-0.15, -0.1) is 4.99 Å². The van der Waals surface area contributed by atoms with E-state index in [1.807, 2.05) is 30.3 Å². The van der Waals surface area contributed by atoms with Gasteiger partial charge < -0.3 is 21.1 Å². The summed E-state index contributed by atoms with van der Waals surface area (Å²) in [4.78, 5) is 41.7. The molecule has 150 valence electrons. The number of nitrogens with two attached hydrogens (primary N) is 1. The van der Waals surface area contributed by atoms with E-state index < -0.39 is 12.1 Å². The monoisotopic (exact) mass is 387 g/mol. The summed E-state index contributed by atoms with van der Waals surface area (Å²) in [6.07, 6.45) is 2.00. The van der Waals surface area contributed by atoms with Gasteiger partial charge in [0.1, 0.15) is 12.6 Å². The largest absolute Gasteiger partial charge is 0.443 e. The fourth-order valence-electron chi connectivity index (χ4n) is 3.32. The summed E-state index contributed by atoms with van der Waals surface area (Å²) >= 11 is 0. The van der Waals surface area contributed by atoms with Gasteiger partial charge in [-0.2, -0.15) is 0 Å². The number of hydrogen-bond acceptors (Lipinski definition) is 5. The molecule has 2 heterocycles. The first-order valence-electron chi connectivity index (χ1n) is 9.44. The lowest BCUT2D eigenvalue weighted by atomic mass is 10.0. The number of benzene rings is 1. The number of hydrogen-bond donors (Lipinski definition) is 3. The molecule has 1 aromatic rings. The van der Waals surface area contributed by atoms with E-state index in [4.69, 9.17) is 10.5 Å². The topological polar surface area (TPSA) is 126 Å². The van der Waals surface area contributed by atoms with Gasteiger partial charge in [0.2, 0.25) is 11.9 Å². The van der Waals surface area contributed by atoms with Crippen LogP contribution in [0.25, 0.3) is 0 Å². The van der Waals surface area contributed by atoms with Crippen molar-refractivity contribution < 1.29 is 19.1 Å². The van der Waals surface area contributed by atoms with Crippen LogP contribution >= 0.6 is 0 Å². The molecule has 0 spiro atoms. The third kappa shape index (κ3) is 5.07. The molecule has 0 unspecified atom stereocenters. The Hall–Kier alpha value is -2.94. The Morgan fingerprint density at radius 1 is 1.25 bits per heavy atom. The molecule has 0 bridgehead atoms. The second kappa shape index (κ2) is 9.32. The van der Waals surface area contributed by atoms with E-state index in [0.717, 1.165) is 24.9 Å². The van der Waals surface area contributed by atoms with Crippen molar-refractivity contribution in [2.75, 3.05) is 13.1 Å². The number of carbonyl (C=O) groups is 3. The lowest BCUT2D eigenvalue weighted by Gasteiger charge is -2.32. The fourth-order valence-corrected chi connectivity index (χ4v) is 3.32. The molecule has 0 aliphatic carbocycles. The Labute approximate surface area is 163 Å². The van der Waals surface area contributed by atoms with Crippen LogP contribution in [0, 0.1) is 0 Å². The number of likely N-dealkylation sites (tertiary alicyclic amines) is 1. The van der Waals surface area contributed by atoms with Gasteiger partial charge in [-0.1, -0.05) is 30.3 Å². The van der Waals surface area contributed by atoms with Crippen molar-refractivity contribution in [3.05, 3.63) is 35.9 Å². The summed E-state index contributed by atoms with van der Waals surface area (Å²) in [6, 6.07) is 8.24. The number of nitrogens with one attached hydrogen (secondary N) is 2.